The van der Waals surface area contributed by atoms with Crippen molar-refractivity contribution in [2.45, 2.75) is 58.2 Å². The first kappa shape index (κ1) is 15.8. The number of nitrogens with one attached hydrogen (secondary N) is 1. The second-order valence-electron chi connectivity index (χ2n) is 6.05. The molecule has 110 valence electrons. The van der Waals surface area contributed by atoms with Crippen molar-refractivity contribution in [3.05, 3.63) is 0 Å². The molecule has 1 amide bonds. The predicted molar refractivity (Wildman–Crippen MR) is 70.8 cm³/mol. The van der Waals surface area contributed by atoms with Gasteiger partial charge in [-0.15, -0.1) is 0 Å². The van der Waals surface area contributed by atoms with E-state index >= 15 is 0 Å². The van der Waals surface area contributed by atoms with Crippen LogP contribution in [0.25, 0.3) is 0 Å². The summed E-state index contributed by atoms with van der Waals surface area (Å²) in [6.07, 6.45) is 2.28. The number of likely N-dealkylation sites (tertiary alicyclic amines) is 1. The lowest BCUT2D eigenvalue weighted by molar-refractivity contribution is -0.153. The molecule has 0 aliphatic carbocycles. The molecule has 1 aliphatic heterocycles. The number of amides is 1. The Balaban J connectivity index is 2.76. The van der Waals surface area contributed by atoms with E-state index in [0.717, 1.165) is 19.3 Å². The van der Waals surface area contributed by atoms with E-state index in [1.165, 1.54) is 6.92 Å². The number of nitrogens with zero attached hydrogens (tertiary/aromatic N) is 1. The lowest BCUT2D eigenvalue weighted by atomic mass is 10.0. The van der Waals surface area contributed by atoms with Gasteiger partial charge in [-0.1, -0.05) is 6.42 Å². The van der Waals surface area contributed by atoms with E-state index < -0.39 is 23.3 Å². The smallest absolute Gasteiger partial charge is 0.409 e. The van der Waals surface area contributed by atoms with Crippen LogP contribution in [0.5, 0.6) is 0 Å². The van der Waals surface area contributed by atoms with Crippen LogP contribution in [0.2, 0.25) is 0 Å². The Bertz CT molecular complexity index is 345. The van der Waals surface area contributed by atoms with Crippen molar-refractivity contribution < 1.29 is 19.4 Å². The Hall–Kier alpha value is -1.30. The van der Waals surface area contributed by atoms with Gasteiger partial charge in [0, 0.05) is 13.1 Å². The first-order chi connectivity index (χ1) is 8.65. The molecule has 1 rings (SSSR count). The molecule has 1 atom stereocenters. The molecule has 6 heteroatoms. The van der Waals surface area contributed by atoms with Gasteiger partial charge >= 0.3 is 12.1 Å². The van der Waals surface area contributed by atoms with E-state index in [1.807, 2.05) is 0 Å². The zero-order valence-corrected chi connectivity index (χ0v) is 12.2. The number of carbonyl (C=O) groups is 2. The molecule has 1 saturated heterocycles. The molecular formula is C13H24N2O4. The molecule has 2 N–H and O–H groups in total. The average molecular weight is 272 g/mol. The van der Waals surface area contributed by atoms with Crippen LogP contribution >= 0.6 is 0 Å². The largest absolute Gasteiger partial charge is 0.478 e. The molecule has 6 nitrogen and oxygen atoms in total. The summed E-state index contributed by atoms with van der Waals surface area (Å²) >= 11 is 0. The number of aliphatic carboxylic acids is 1. The Kier molecular flexibility index (Phi) is 4.79. The van der Waals surface area contributed by atoms with Crippen molar-refractivity contribution in [3.63, 3.8) is 0 Å². The number of carbonyl (C=O) groups excluding carboxylic acids is 1. The summed E-state index contributed by atoms with van der Waals surface area (Å²) in [5.74, 6) is -1.07. The normalized spacial score (nSPS) is 20.4. The van der Waals surface area contributed by atoms with Crippen LogP contribution in [-0.2, 0) is 9.53 Å². The van der Waals surface area contributed by atoms with Gasteiger partial charge in [-0.05, 0) is 40.5 Å². The van der Waals surface area contributed by atoms with Crippen LogP contribution in [-0.4, -0.2) is 46.4 Å². The van der Waals surface area contributed by atoms with Gasteiger partial charge < -0.3 is 9.84 Å². The maximum Gasteiger partial charge on any atom is 0.409 e. The van der Waals surface area contributed by atoms with Crippen LogP contribution in [0.4, 0.5) is 4.79 Å². The monoisotopic (exact) mass is 272 g/mol. The highest BCUT2D eigenvalue weighted by Crippen LogP contribution is 2.20. The molecule has 0 aromatic rings. The third kappa shape index (κ3) is 4.38. The first-order valence-corrected chi connectivity index (χ1v) is 6.65. The quantitative estimate of drug-likeness (QED) is 0.819. The highest BCUT2D eigenvalue weighted by Gasteiger charge is 2.42. The van der Waals surface area contributed by atoms with Crippen LogP contribution in [0.1, 0.15) is 47.0 Å². The Morgan fingerprint density at radius 1 is 1.11 bits per heavy atom. The lowest BCUT2D eigenvalue weighted by Gasteiger charge is -2.40. The summed E-state index contributed by atoms with van der Waals surface area (Å²) in [6, 6.07) is 0. The minimum Gasteiger partial charge on any atom is -0.478 e. The number of hydrogen-bond acceptors (Lipinski definition) is 4. The number of piperidine rings is 1. The van der Waals surface area contributed by atoms with E-state index in [4.69, 9.17) is 4.74 Å². The number of alkyl carbamates (subject to hydrolysis) is 1. The van der Waals surface area contributed by atoms with E-state index in [-0.39, 0.29) is 0 Å². The number of carboxylic acid groups (broad SMARTS) is 1. The van der Waals surface area contributed by atoms with E-state index in [2.05, 4.69) is 5.32 Å². The van der Waals surface area contributed by atoms with Crippen molar-refractivity contribution >= 4 is 12.1 Å². The number of hydrogen-bond donors (Lipinski definition) is 2. The molecular weight excluding hydrogens is 248 g/mol. The fraction of sp³-hybridized carbons (Fsp3) is 0.846. The van der Waals surface area contributed by atoms with Gasteiger partial charge in [0.15, 0.2) is 5.66 Å². The molecule has 0 radical (unpaired) electrons. The Morgan fingerprint density at radius 2 is 1.63 bits per heavy atom. The summed E-state index contributed by atoms with van der Waals surface area (Å²) in [7, 11) is 0. The maximum absolute atomic E-state index is 11.8. The SMILES string of the molecule is CC(C)(C)OC(=O)N[C@@](C)(C(=O)O)N1CCCCC1. The number of carboxylic acids is 1. The van der Waals surface area contributed by atoms with Crippen LogP contribution in [0, 0.1) is 0 Å². The molecule has 0 bridgehead atoms. The molecule has 1 aliphatic rings. The summed E-state index contributed by atoms with van der Waals surface area (Å²) in [5, 5.41) is 11.9. The summed E-state index contributed by atoms with van der Waals surface area (Å²) in [5.41, 5.74) is -2.06. The zero-order valence-electron chi connectivity index (χ0n) is 12.2. The summed E-state index contributed by atoms with van der Waals surface area (Å²) in [6.45, 7) is 8.06. The molecule has 0 unspecified atom stereocenters. The van der Waals surface area contributed by atoms with Gasteiger partial charge in [-0.3, -0.25) is 10.2 Å². The second kappa shape index (κ2) is 5.77. The van der Waals surface area contributed by atoms with Gasteiger partial charge in [-0.25, -0.2) is 9.59 Å². The third-order valence-corrected chi connectivity index (χ3v) is 3.15. The molecule has 0 aromatic heterocycles. The average Bonchev–Trinajstić information content (AvgIpc) is 2.27. The van der Waals surface area contributed by atoms with Crippen molar-refractivity contribution in [3.8, 4) is 0 Å². The summed E-state index contributed by atoms with van der Waals surface area (Å²) < 4.78 is 5.13. The van der Waals surface area contributed by atoms with Crippen molar-refractivity contribution in [1.82, 2.24) is 10.2 Å². The minimum absolute atomic E-state index is 0.647. The highest BCUT2D eigenvalue weighted by atomic mass is 16.6. The van der Waals surface area contributed by atoms with E-state index in [9.17, 15) is 14.7 Å². The summed E-state index contributed by atoms with van der Waals surface area (Å²) in [4.78, 5) is 25.1. The van der Waals surface area contributed by atoms with Crippen molar-refractivity contribution in [2.75, 3.05) is 13.1 Å². The van der Waals surface area contributed by atoms with E-state index in [0.29, 0.717) is 13.1 Å². The van der Waals surface area contributed by atoms with Crippen LogP contribution in [0.15, 0.2) is 0 Å². The molecule has 0 aromatic carbocycles. The third-order valence-electron chi connectivity index (χ3n) is 3.15. The zero-order chi connectivity index (χ0) is 14.7. The predicted octanol–water partition coefficient (Wildman–Crippen LogP) is 1.80. The lowest BCUT2D eigenvalue weighted by Crippen LogP contribution is -2.65. The molecule has 0 saturated carbocycles. The maximum atomic E-state index is 11.8. The van der Waals surface area contributed by atoms with Gasteiger partial charge in [0.25, 0.3) is 0 Å². The standard InChI is InChI=1S/C13H24N2O4/c1-12(2,3)19-11(18)14-13(4,10(16)17)15-8-6-5-7-9-15/h5-9H2,1-4H3,(H,14,18)(H,16,17)/t13-/m1/s1. The van der Waals surface area contributed by atoms with Crippen molar-refractivity contribution in [2.24, 2.45) is 0 Å². The van der Waals surface area contributed by atoms with Gasteiger partial charge in [-0.2, -0.15) is 0 Å². The van der Waals surface area contributed by atoms with Crippen molar-refractivity contribution in [1.29, 1.82) is 0 Å². The molecule has 1 heterocycles. The van der Waals surface area contributed by atoms with Gasteiger partial charge in [0.2, 0.25) is 0 Å². The Morgan fingerprint density at radius 3 is 2.05 bits per heavy atom. The van der Waals surface area contributed by atoms with Crippen LogP contribution < -0.4 is 5.32 Å². The van der Waals surface area contributed by atoms with E-state index in [1.54, 1.807) is 25.7 Å². The van der Waals surface area contributed by atoms with Crippen LogP contribution in [0.3, 0.4) is 0 Å². The molecule has 0 spiro atoms. The molecule has 19 heavy (non-hydrogen) atoms. The Labute approximate surface area is 114 Å². The topological polar surface area (TPSA) is 78.9 Å². The molecule has 1 fully saturated rings. The highest BCUT2D eigenvalue weighted by molar-refractivity contribution is 5.83. The fourth-order valence-corrected chi connectivity index (χ4v) is 2.11. The number of rotatable bonds is 3. The fourth-order valence-electron chi connectivity index (χ4n) is 2.11. The second-order valence-corrected chi connectivity index (χ2v) is 6.05. The minimum atomic E-state index is -1.41. The van der Waals surface area contributed by atoms with Gasteiger partial charge in [0.05, 0.1) is 0 Å². The van der Waals surface area contributed by atoms with Gasteiger partial charge in [0.1, 0.15) is 5.60 Å². The number of ether oxygens (including phenoxy) is 1. The first-order valence-electron chi connectivity index (χ1n) is 6.65.